The van der Waals surface area contributed by atoms with E-state index in [0.29, 0.717) is 18.3 Å². The van der Waals surface area contributed by atoms with Gasteiger partial charge in [0.05, 0.1) is 12.0 Å². The first-order chi connectivity index (χ1) is 13.5. The maximum absolute atomic E-state index is 13.2. The van der Waals surface area contributed by atoms with Crippen LogP contribution in [0.1, 0.15) is 56.6 Å². The van der Waals surface area contributed by atoms with Gasteiger partial charge in [0.1, 0.15) is 6.04 Å². The van der Waals surface area contributed by atoms with Crippen LogP contribution in [-0.2, 0) is 9.53 Å². The SMILES string of the molecule is CCCOC(=O)[C@@H]1CS[C@H](C2CCCCC2)N1C(=O)Nc1ccc(C)c(C)c1. The number of ether oxygens (including phenoxy) is 1. The van der Waals surface area contributed by atoms with Crippen molar-refractivity contribution < 1.29 is 14.3 Å². The largest absolute Gasteiger partial charge is 0.464 e. The summed E-state index contributed by atoms with van der Waals surface area (Å²) >= 11 is 1.74. The second-order valence-electron chi connectivity index (χ2n) is 7.94. The number of carbonyl (C=O) groups is 2. The van der Waals surface area contributed by atoms with Crippen LogP contribution in [0.25, 0.3) is 0 Å². The van der Waals surface area contributed by atoms with Crippen LogP contribution in [0.2, 0.25) is 0 Å². The van der Waals surface area contributed by atoms with Crippen molar-refractivity contribution in [2.45, 2.75) is 70.7 Å². The molecule has 3 rings (SSSR count). The summed E-state index contributed by atoms with van der Waals surface area (Å²) in [5.74, 6) is 0.792. The van der Waals surface area contributed by atoms with Crippen molar-refractivity contribution in [1.29, 1.82) is 0 Å². The molecule has 154 valence electrons. The highest BCUT2D eigenvalue weighted by Gasteiger charge is 2.45. The highest BCUT2D eigenvalue weighted by molar-refractivity contribution is 8.00. The quantitative estimate of drug-likeness (QED) is 0.693. The predicted octanol–water partition coefficient (Wildman–Crippen LogP) is 5.11. The Balaban J connectivity index is 1.78. The first kappa shape index (κ1) is 21.0. The first-order valence-electron chi connectivity index (χ1n) is 10.5. The summed E-state index contributed by atoms with van der Waals surface area (Å²) in [6, 6.07) is 5.21. The number of rotatable bonds is 5. The number of benzene rings is 1. The van der Waals surface area contributed by atoms with Gasteiger partial charge in [0.15, 0.2) is 0 Å². The molecule has 2 aliphatic rings. The van der Waals surface area contributed by atoms with E-state index in [1.165, 1.54) is 24.8 Å². The van der Waals surface area contributed by atoms with Crippen LogP contribution < -0.4 is 5.32 Å². The summed E-state index contributed by atoms with van der Waals surface area (Å²) in [6.45, 7) is 6.47. The highest BCUT2D eigenvalue weighted by Crippen LogP contribution is 2.41. The third-order valence-corrected chi connectivity index (χ3v) is 7.26. The van der Waals surface area contributed by atoms with Crippen LogP contribution in [0.3, 0.4) is 0 Å². The van der Waals surface area contributed by atoms with Crippen LogP contribution in [-0.4, -0.2) is 40.7 Å². The molecular formula is C22H32N2O3S. The van der Waals surface area contributed by atoms with E-state index in [4.69, 9.17) is 4.74 Å². The minimum absolute atomic E-state index is 0.0472. The number of aryl methyl sites for hydroxylation is 2. The molecule has 2 fully saturated rings. The maximum Gasteiger partial charge on any atom is 0.329 e. The number of urea groups is 1. The van der Waals surface area contributed by atoms with E-state index in [1.807, 2.05) is 32.0 Å². The Hall–Kier alpha value is -1.69. The average Bonchev–Trinajstić information content (AvgIpc) is 3.15. The molecule has 1 aromatic rings. The summed E-state index contributed by atoms with van der Waals surface area (Å²) < 4.78 is 5.40. The van der Waals surface area contributed by atoms with Crippen molar-refractivity contribution >= 4 is 29.4 Å². The van der Waals surface area contributed by atoms with Crippen LogP contribution in [0.5, 0.6) is 0 Å². The van der Waals surface area contributed by atoms with Crippen LogP contribution in [0.4, 0.5) is 10.5 Å². The lowest BCUT2D eigenvalue weighted by molar-refractivity contribution is -0.148. The number of hydrogen-bond donors (Lipinski definition) is 1. The standard InChI is InChI=1S/C22H32N2O3S/c1-4-12-27-21(25)19-14-28-20(17-8-6-5-7-9-17)24(19)22(26)23-18-11-10-15(2)16(3)13-18/h10-11,13,17,19-20H,4-9,12,14H2,1-3H3,(H,23,26)/t19-,20+/m0/s1. The van der Waals surface area contributed by atoms with Gasteiger partial charge in [0.2, 0.25) is 0 Å². The van der Waals surface area contributed by atoms with Crippen molar-refractivity contribution in [3.8, 4) is 0 Å². The summed E-state index contributed by atoms with van der Waals surface area (Å²) in [7, 11) is 0. The zero-order valence-corrected chi connectivity index (χ0v) is 18.0. The second kappa shape index (κ2) is 9.68. The molecule has 1 saturated carbocycles. The number of amides is 2. The molecule has 0 bridgehead atoms. The molecule has 0 radical (unpaired) electrons. The summed E-state index contributed by atoms with van der Waals surface area (Å²) in [5.41, 5.74) is 3.10. The fraction of sp³-hybridized carbons (Fsp3) is 0.636. The van der Waals surface area contributed by atoms with E-state index in [9.17, 15) is 9.59 Å². The number of thioether (sulfide) groups is 1. The van der Waals surface area contributed by atoms with Crippen LogP contribution in [0, 0.1) is 19.8 Å². The fourth-order valence-corrected chi connectivity index (χ4v) is 5.68. The van der Waals surface area contributed by atoms with Gasteiger partial charge in [-0.2, -0.15) is 0 Å². The third-order valence-electron chi connectivity index (χ3n) is 5.80. The van der Waals surface area contributed by atoms with Gasteiger partial charge in [-0.15, -0.1) is 11.8 Å². The van der Waals surface area contributed by atoms with E-state index >= 15 is 0 Å². The lowest BCUT2D eigenvalue weighted by atomic mass is 9.88. The Morgan fingerprint density at radius 2 is 1.93 bits per heavy atom. The molecule has 1 saturated heterocycles. The first-order valence-corrected chi connectivity index (χ1v) is 11.5. The fourth-order valence-electron chi connectivity index (χ4n) is 4.05. The van der Waals surface area contributed by atoms with Gasteiger partial charge < -0.3 is 10.1 Å². The lowest BCUT2D eigenvalue weighted by Gasteiger charge is -2.35. The molecule has 1 aliphatic heterocycles. The molecule has 6 heteroatoms. The number of nitrogens with one attached hydrogen (secondary N) is 1. The second-order valence-corrected chi connectivity index (χ2v) is 9.09. The van der Waals surface area contributed by atoms with E-state index in [0.717, 1.165) is 30.5 Å². The molecular weight excluding hydrogens is 372 g/mol. The van der Waals surface area contributed by atoms with Gasteiger partial charge >= 0.3 is 12.0 Å². The van der Waals surface area contributed by atoms with Gasteiger partial charge in [0.25, 0.3) is 0 Å². The Kier molecular flexibility index (Phi) is 7.27. The van der Waals surface area contributed by atoms with E-state index < -0.39 is 6.04 Å². The summed E-state index contributed by atoms with van der Waals surface area (Å²) in [4.78, 5) is 27.7. The molecule has 2 amide bonds. The van der Waals surface area contributed by atoms with Crippen molar-refractivity contribution in [1.82, 2.24) is 4.90 Å². The van der Waals surface area contributed by atoms with Crippen molar-refractivity contribution in [2.24, 2.45) is 5.92 Å². The Morgan fingerprint density at radius 1 is 1.18 bits per heavy atom. The zero-order valence-electron chi connectivity index (χ0n) is 17.2. The third kappa shape index (κ3) is 4.83. The number of esters is 1. The Bertz CT molecular complexity index is 703. The molecule has 2 atom stereocenters. The van der Waals surface area contributed by atoms with Gasteiger partial charge in [0, 0.05) is 11.4 Å². The smallest absolute Gasteiger partial charge is 0.329 e. The molecule has 1 heterocycles. The van der Waals surface area contributed by atoms with Crippen molar-refractivity contribution in [3.05, 3.63) is 29.3 Å². The van der Waals surface area contributed by atoms with Crippen LogP contribution in [0.15, 0.2) is 18.2 Å². The monoisotopic (exact) mass is 404 g/mol. The molecule has 28 heavy (non-hydrogen) atoms. The molecule has 1 aliphatic carbocycles. The van der Waals surface area contributed by atoms with Crippen LogP contribution >= 0.6 is 11.8 Å². The average molecular weight is 405 g/mol. The zero-order chi connectivity index (χ0) is 20.1. The van der Waals surface area contributed by atoms with Gasteiger partial charge in [-0.1, -0.05) is 32.3 Å². The number of nitrogens with zero attached hydrogens (tertiary/aromatic N) is 1. The summed E-state index contributed by atoms with van der Waals surface area (Å²) in [5, 5.41) is 3.08. The Labute approximate surface area is 172 Å². The normalized spacial score (nSPS) is 22.9. The molecule has 5 nitrogen and oxygen atoms in total. The minimum atomic E-state index is -0.505. The van der Waals surface area contributed by atoms with Crippen molar-refractivity contribution in [3.63, 3.8) is 0 Å². The van der Waals surface area contributed by atoms with Gasteiger partial charge in [-0.05, 0) is 62.3 Å². The molecule has 0 spiro atoms. The molecule has 1 N–H and O–H groups in total. The summed E-state index contributed by atoms with van der Waals surface area (Å²) in [6.07, 6.45) is 6.72. The van der Waals surface area contributed by atoms with E-state index in [1.54, 1.807) is 16.7 Å². The Morgan fingerprint density at radius 3 is 2.61 bits per heavy atom. The molecule has 0 aromatic heterocycles. The maximum atomic E-state index is 13.2. The van der Waals surface area contributed by atoms with Gasteiger partial charge in [-0.3, -0.25) is 4.90 Å². The van der Waals surface area contributed by atoms with E-state index in [2.05, 4.69) is 12.2 Å². The predicted molar refractivity (Wildman–Crippen MR) is 115 cm³/mol. The van der Waals surface area contributed by atoms with Gasteiger partial charge in [-0.25, -0.2) is 9.59 Å². The minimum Gasteiger partial charge on any atom is -0.464 e. The number of carbonyl (C=O) groups excluding carboxylic acids is 2. The molecule has 0 unspecified atom stereocenters. The lowest BCUT2D eigenvalue weighted by Crippen LogP contribution is -2.50. The topological polar surface area (TPSA) is 58.6 Å². The highest BCUT2D eigenvalue weighted by atomic mass is 32.2. The number of anilines is 1. The van der Waals surface area contributed by atoms with Crippen molar-refractivity contribution in [2.75, 3.05) is 17.7 Å². The van der Waals surface area contributed by atoms with E-state index in [-0.39, 0.29) is 17.4 Å². The molecule has 1 aromatic carbocycles. The number of hydrogen-bond acceptors (Lipinski definition) is 4.